The maximum Gasteiger partial charge on any atom is 0.329 e. The van der Waals surface area contributed by atoms with Crippen LogP contribution in [0.2, 0.25) is 0 Å². The van der Waals surface area contributed by atoms with Gasteiger partial charge in [-0.1, -0.05) is 12.1 Å². The van der Waals surface area contributed by atoms with E-state index in [4.69, 9.17) is 9.47 Å². The Bertz CT molecular complexity index is 895. The topological polar surface area (TPSA) is 89.0 Å². The summed E-state index contributed by atoms with van der Waals surface area (Å²) < 4.78 is 24.4. The maximum absolute atomic E-state index is 13.0. The molecule has 0 radical (unpaired) electrons. The zero-order chi connectivity index (χ0) is 20.6. The summed E-state index contributed by atoms with van der Waals surface area (Å²) in [4.78, 5) is 23.2. The second-order valence-electron chi connectivity index (χ2n) is 6.50. The molecular weight excluding hydrogens is 377 g/mol. The quantitative estimate of drug-likeness (QED) is 0.406. The molecule has 2 amide bonds. The molecule has 0 unspecified atom stereocenters. The number of benzene rings is 2. The maximum atomic E-state index is 13.0. The Labute approximate surface area is 167 Å². The van der Waals surface area contributed by atoms with Crippen LogP contribution >= 0.6 is 0 Å². The molecule has 0 heterocycles. The zero-order valence-corrected chi connectivity index (χ0v) is 16.0. The second kappa shape index (κ2) is 9.68. The van der Waals surface area contributed by atoms with Gasteiger partial charge in [0.15, 0.2) is 11.5 Å². The van der Waals surface area contributed by atoms with Crippen LogP contribution in [0.15, 0.2) is 47.6 Å². The van der Waals surface area contributed by atoms with Crippen molar-refractivity contribution in [1.82, 2.24) is 10.7 Å². The van der Waals surface area contributed by atoms with Crippen molar-refractivity contribution in [3.8, 4) is 11.5 Å². The van der Waals surface area contributed by atoms with Gasteiger partial charge in [-0.3, -0.25) is 9.59 Å². The molecule has 0 aromatic heterocycles. The van der Waals surface area contributed by atoms with E-state index in [9.17, 15) is 14.0 Å². The van der Waals surface area contributed by atoms with Crippen LogP contribution in [-0.2, 0) is 16.2 Å². The van der Waals surface area contributed by atoms with Crippen LogP contribution in [-0.4, -0.2) is 30.7 Å². The van der Waals surface area contributed by atoms with Crippen LogP contribution in [0.4, 0.5) is 4.39 Å². The molecule has 152 valence electrons. The van der Waals surface area contributed by atoms with Crippen molar-refractivity contribution < 1.29 is 23.5 Å². The van der Waals surface area contributed by atoms with E-state index < -0.39 is 11.8 Å². The van der Waals surface area contributed by atoms with E-state index in [2.05, 4.69) is 15.8 Å². The molecular formula is C21H22FN3O4. The fourth-order valence-electron chi connectivity index (χ4n) is 2.43. The Kier molecular flexibility index (Phi) is 6.78. The minimum atomic E-state index is -0.808. The summed E-state index contributed by atoms with van der Waals surface area (Å²) in [6.45, 7) is 2.55. The molecule has 0 spiro atoms. The van der Waals surface area contributed by atoms with Crippen molar-refractivity contribution in [3.63, 3.8) is 0 Å². The van der Waals surface area contributed by atoms with Gasteiger partial charge in [-0.05, 0) is 61.2 Å². The first kappa shape index (κ1) is 20.3. The SMILES string of the molecule is CCOc1cc(/C=N\NC(=O)C(=O)NC2CC2)ccc1OCc1ccc(F)cc1. The van der Waals surface area contributed by atoms with Gasteiger partial charge in [-0.15, -0.1) is 0 Å². The van der Waals surface area contributed by atoms with Crippen molar-refractivity contribution in [2.45, 2.75) is 32.4 Å². The number of carbonyl (C=O) groups excluding carboxylic acids is 2. The highest BCUT2D eigenvalue weighted by Crippen LogP contribution is 2.29. The lowest BCUT2D eigenvalue weighted by atomic mass is 10.2. The Morgan fingerprint density at radius 2 is 1.86 bits per heavy atom. The zero-order valence-electron chi connectivity index (χ0n) is 16.0. The number of ether oxygens (including phenoxy) is 2. The first-order valence-corrected chi connectivity index (χ1v) is 9.33. The molecule has 1 aliphatic rings. The average molecular weight is 399 g/mol. The van der Waals surface area contributed by atoms with Crippen LogP contribution in [0.25, 0.3) is 0 Å². The van der Waals surface area contributed by atoms with E-state index in [0.29, 0.717) is 23.7 Å². The molecule has 0 atom stereocenters. The van der Waals surface area contributed by atoms with Crippen molar-refractivity contribution in [1.29, 1.82) is 0 Å². The fourth-order valence-corrected chi connectivity index (χ4v) is 2.43. The van der Waals surface area contributed by atoms with Gasteiger partial charge in [0.1, 0.15) is 12.4 Å². The van der Waals surface area contributed by atoms with Crippen molar-refractivity contribution in [3.05, 3.63) is 59.4 Å². The predicted molar refractivity (Wildman–Crippen MR) is 105 cm³/mol. The third kappa shape index (κ3) is 6.31. The van der Waals surface area contributed by atoms with E-state index in [1.165, 1.54) is 18.3 Å². The summed E-state index contributed by atoms with van der Waals surface area (Å²) in [5.74, 6) is -0.760. The van der Waals surface area contributed by atoms with Crippen LogP contribution < -0.4 is 20.2 Å². The van der Waals surface area contributed by atoms with Crippen LogP contribution in [0.1, 0.15) is 30.9 Å². The lowest BCUT2D eigenvalue weighted by Crippen LogP contribution is -2.38. The number of nitrogens with one attached hydrogen (secondary N) is 2. The normalized spacial score (nSPS) is 13.2. The summed E-state index contributed by atoms with van der Waals surface area (Å²) in [5.41, 5.74) is 3.68. The van der Waals surface area contributed by atoms with Gasteiger partial charge in [-0.2, -0.15) is 5.10 Å². The van der Waals surface area contributed by atoms with Gasteiger partial charge >= 0.3 is 11.8 Å². The van der Waals surface area contributed by atoms with E-state index in [0.717, 1.165) is 18.4 Å². The Morgan fingerprint density at radius 1 is 1.10 bits per heavy atom. The first-order valence-electron chi connectivity index (χ1n) is 9.33. The highest BCUT2D eigenvalue weighted by Gasteiger charge is 2.26. The van der Waals surface area contributed by atoms with Crippen molar-refractivity contribution in [2.24, 2.45) is 5.10 Å². The molecule has 1 fully saturated rings. The third-order valence-corrected chi connectivity index (χ3v) is 4.07. The van der Waals surface area contributed by atoms with Crippen LogP contribution in [0, 0.1) is 5.82 Å². The molecule has 29 heavy (non-hydrogen) atoms. The summed E-state index contributed by atoms with van der Waals surface area (Å²) in [5, 5.41) is 6.39. The molecule has 2 N–H and O–H groups in total. The smallest absolute Gasteiger partial charge is 0.329 e. The minimum Gasteiger partial charge on any atom is -0.490 e. The molecule has 0 bridgehead atoms. The summed E-state index contributed by atoms with van der Waals surface area (Å²) in [6, 6.07) is 11.3. The lowest BCUT2D eigenvalue weighted by Gasteiger charge is -2.12. The lowest BCUT2D eigenvalue weighted by molar-refractivity contribution is -0.139. The van der Waals surface area contributed by atoms with Gasteiger partial charge in [0.05, 0.1) is 12.8 Å². The minimum absolute atomic E-state index is 0.105. The summed E-state index contributed by atoms with van der Waals surface area (Å²) in [6.07, 6.45) is 3.21. The molecule has 1 aliphatic carbocycles. The standard InChI is InChI=1S/C21H22FN3O4/c1-2-28-19-11-15(12-23-25-21(27)20(26)24-17-8-9-17)5-10-18(19)29-13-14-3-6-16(22)7-4-14/h3-7,10-12,17H,2,8-9,13H2,1H3,(H,24,26)(H,25,27)/b23-12-. The number of nitrogens with zero attached hydrogens (tertiary/aromatic N) is 1. The molecule has 3 rings (SSSR count). The Hall–Kier alpha value is -3.42. The highest BCUT2D eigenvalue weighted by molar-refractivity contribution is 6.35. The van der Waals surface area contributed by atoms with Gasteiger partial charge in [0.2, 0.25) is 0 Å². The van der Waals surface area contributed by atoms with Crippen LogP contribution in [0.3, 0.4) is 0 Å². The van der Waals surface area contributed by atoms with E-state index in [1.807, 2.05) is 6.92 Å². The number of hydrazone groups is 1. The number of carbonyl (C=O) groups is 2. The Morgan fingerprint density at radius 3 is 2.55 bits per heavy atom. The van der Waals surface area contributed by atoms with E-state index in [1.54, 1.807) is 30.3 Å². The largest absolute Gasteiger partial charge is 0.490 e. The highest BCUT2D eigenvalue weighted by atomic mass is 19.1. The molecule has 0 aliphatic heterocycles. The first-order chi connectivity index (χ1) is 14.0. The molecule has 0 saturated heterocycles. The molecule has 2 aromatic rings. The van der Waals surface area contributed by atoms with E-state index in [-0.39, 0.29) is 18.5 Å². The average Bonchev–Trinajstić information content (AvgIpc) is 3.52. The second-order valence-corrected chi connectivity index (χ2v) is 6.50. The number of halogens is 1. The third-order valence-electron chi connectivity index (χ3n) is 4.07. The number of amides is 2. The van der Waals surface area contributed by atoms with E-state index >= 15 is 0 Å². The monoisotopic (exact) mass is 399 g/mol. The van der Waals surface area contributed by atoms with Gasteiger partial charge in [0.25, 0.3) is 0 Å². The molecule has 8 heteroatoms. The van der Waals surface area contributed by atoms with Crippen molar-refractivity contribution >= 4 is 18.0 Å². The van der Waals surface area contributed by atoms with Crippen molar-refractivity contribution in [2.75, 3.05) is 6.61 Å². The Balaban J connectivity index is 1.59. The number of hydrogen-bond donors (Lipinski definition) is 2. The van der Waals surface area contributed by atoms with Gasteiger partial charge in [-0.25, -0.2) is 9.82 Å². The molecule has 1 saturated carbocycles. The molecule has 7 nitrogen and oxygen atoms in total. The van der Waals surface area contributed by atoms with Gasteiger partial charge < -0.3 is 14.8 Å². The van der Waals surface area contributed by atoms with Crippen LogP contribution in [0.5, 0.6) is 11.5 Å². The molecule has 2 aromatic carbocycles. The summed E-state index contributed by atoms with van der Waals surface area (Å²) in [7, 11) is 0. The number of rotatable bonds is 8. The van der Waals surface area contributed by atoms with Gasteiger partial charge in [0, 0.05) is 6.04 Å². The predicted octanol–water partition coefficient (Wildman–Crippen LogP) is 2.53. The number of hydrogen-bond acceptors (Lipinski definition) is 5. The summed E-state index contributed by atoms with van der Waals surface area (Å²) >= 11 is 0. The fraction of sp³-hybridized carbons (Fsp3) is 0.286.